The standard InChI is InChI=1S/C14H20N2O3S2/c1-11(9-13-5-4-8-20-13)16(3)21(17,18)14-7-6-12(19-14)10-15-2/h4-8,11,15H,9-10H2,1-3H3. The van der Waals surface area contributed by atoms with E-state index in [1.807, 2.05) is 24.4 Å². The van der Waals surface area contributed by atoms with Crippen molar-refractivity contribution in [3.8, 4) is 0 Å². The first-order valence-electron chi connectivity index (χ1n) is 6.69. The summed E-state index contributed by atoms with van der Waals surface area (Å²) in [6.45, 7) is 2.40. The highest BCUT2D eigenvalue weighted by Crippen LogP contribution is 2.22. The second-order valence-corrected chi connectivity index (χ2v) is 7.87. The highest BCUT2D eigenvalue weighted by Gasteiger charge is 2.28. The van der Waals surface area contributed by atoms with Crippen molar-refractivity contribution in [2.75, 3.05) is 14.1 Å². The fourth-order valence-corrected chi connectivity index (χ4v) is 4.10. The van der Waals surface area contributed by atoms with Gasteiger partial charge in [-0.3, -0.25) is 0 Å². The van der Waals surface area contributed by atoms with Crippen molar-refractivity contribution in [2.45, 2.75) is 31.0 Å². The predicted octanol–water partition coefficient (Wildman–Crippen LogP) is 2.31. The number of nitrogens with zero attached hydrogens (tertiary/aromatic N) is 1. The van der Waals surface area contributed by atoms with E-state index in [-0.39, 0.29) is 11.1 Å². The number of rotatable bonds is 7. The van der Waals surface area contributed by atoms with Crippen LogP contribution in [-0.2, 0) is 23.0 Å². The molecule has 0 aliphatic rings. The van der Waals surface area contributed by atoms with Crippen LogP contribution < -0.4 is 5.32 Å². The SMILES string of the molecule is CNCc1ccc(S(=O)(=O)N(C)C(C)Cc2cccs2)o1. The molecular formula is C14H20N2O3S2. The molecule has 5 nitrogen and oxygen atoms in total. The quantitative estimate of drug-likeness (QED) is 0.847. The van der Waals surface area contributed by atoms with E-state index in [4.69, 9.17) is 4.42 Å². The molecule has 0 aliphatic heterocycles. The third-order valence-electron chi connectivity index (χ3n) is 3.32. The summed E-state index contributed by atoms with van der Waals surface area (Å²) in [5.74, 6) is 0.607. The molecule has 0 amide bonds. The van der Waals surface area contributed by atoms with Crippen molar-refractivity contribution in [1.82, 2.24) is 9.62 Å². The Balaban J connectivity index is 2.13. The van der Waals surface area contributed by atoms with E-state index in [9.17, 15) is 8.42 Å². The third kappa shape index (κ3) is 3.74. The van der Waals surface area contributed by atoms with Crippen LogP contribution in [0.1, 0.15) is 17.6 Å². The number of hydrogen-bond acceptors (Lipinski definition) is 5. The highest BCUT2D eigenvalue weighted by molar-refractivity contribution is 7.89. The van der Waals surface area contributed by atoms with E-state index in [0.29, 0.717) is 18.7 Å². The number of thiophene rings is 1. The molecule has 0 radical (unpaired) electrons. The van der Waals surface area contributed by atoms with Gasteiger partial charge in [-0.05, 0) is 44.0 Å². The lowest BCUT2D eigenvalue weighted by Gasteiger charge is -2.22. The predicted molar refractivity (Wildman–Crippen MR) is 83.9 cm³/mol. The van der Waals surface area contributed by atoms with E-state index in [1.54, 1.807) is 31.5 Å². The van der Waals surface area contributed by atoms with Crippen molar-refractivity contribution in [2.24, 2.45) is 0 Å². The topological polar surface area (TPSA) is 62.6 Å². The fraction of sp³-hybridized carbons (Fsp3) is 0.429. The largest absolute Gasteiger partial charge is 0.447 e. The van der Waals surface area contributed by atoms with Gasteiger partial charge < -0.3 is 9.73 Å². The molecular weight excluding hydrogens is 308 g/mol. The summed E-state index contributed by atoms with van der Waals surface area (Å²) in [5.41, 5.74) is 0. The Labute approximate surface area is 129 Å². The Morgan fingerprint density at radius 1 is 1.38 bits per heavy atom. The van der Waals surface area contributed by atoms with Crippen molar-refractivity contribution in [3.05, 3.63) is 40.3 Å². The van der Waals surface area contributed by atoms with Gasteiger partial charge in [0.2, 0.25) is 5.09 Å². The van der Waals surface area contributed by atoms with Gasteiger partial charge >= 0.3 is 0 Å². The van der Waals surface area contributed by atoms with E-state index < -0.39 is 10.0 Å². The maximum atomic E-state index is 12.5. The van der Waals surface area contributed by atoms with Gasteiger partial charge in [0.25, 0.3) is 10.0 Å². The van der Waals surface area contributed by atoms with Gasteiger partial charge in [0.1, 0.15) is 5.76 Å². The molecule has 0 aliphatic carbocycles. The Morgan fingerprint density at radius 2 is 2.14 bits per heavy atom. The molecule has 0 fully saturated rings. The van der Waals surface area contributed by atoms with Crippen LogP contribution in [0, 0.1) is 0 Å². The van der Waals surface area contributed by atoms with Gasteiger partial charge in [0.05, 0.1) is 6.54 Å². The first-order valence-corrected chi connectivity index (χ1v) is 9.01. The molecule has 0 saturated heterocycles. The zero-order valence-corrected chi connectivity index (χ0v) is 14.0. The molecule has 2 rings (SSSR count). The summed E-state index contributed by atoms with van der Waals surface area (Å²) in [6.07, 6.45) is 0.692. The summed E-state index contributed by atoms with van der Waals surface area (Å²) < 4.78 is 31.8. The number of hydrogen-bond donors (Lipinski definition) is 1. The Kier molecular flexibility index (Phi) is 5.21. The first kappa shape index (κ1) is 16.2. The number of sulfonamides is 1. The molecule has 2 aromatic rings. The lowest BCUT2D eigenvalue weighted by Crippen LogP contribution is -2.36. The molecule has 0 aromatic carbocycles. The Morgan fingerprint density at radius 3 is 2.76 bits per heavy atom. The molecule has 1 N–H and O–H groups in total. The van der Waals surface area contributed by atoms with E-state index in [1.165, 1.54) is 15.2 Å². The molecule has 2 heterocycles. The smallest absolute Gasteiger partial charge is 0.276 e. The van der Waals surface area contributed by atoms with Crippen molar-refractivity contribution < 1.29 is 12.8 Å². The average Bonchev–Trinajstić information content (AvgIpc) is 3.09. The summed E-state index contributed by atoms with van der Waals surface area (Å²) in [5, 5.41) is 4.92. The van der Waals surface area contributed by atoms with Gasteiger partial charge in [-0.15, -0.1) is 11.3 Å². The van der Waals surface area contributed by atoms with Crippen molar-refractivity contribution in [1.29, 1.82) is 0 Å². The summed E-state index contributed by atoms with van der Waals surface area (Å²) in [6, 6.07) is 7.04. The summed E-state index contributed by atoms with van der Waals surface area (Å²) >= 11 is 1.63. The van der Waals surface area contributed by atoms with Gasteiger partial charge in [-0.1, -0.05) is 6.07 Å². The van der Waals surface area contributed by atoms with Crippen LogP contribution in [0.25, 0.3) is 0 Å². The number of nitrogens with one attached hydrogen (secondary N) is 1. The first-order chi connectivity index (χ1) is 9.95. The molecule has 2 aromatic heterocycles. The van der Waals surface area contributed by atoms with Gasteiger partial charge in [-0.2, -0.15) is 4.31 Å². The van der Waals surface area contributed by atoms with Crippen molar-refractivity contribution >= 4 is 21.4 Å². The van der Waals surface area contributed by atoms with Crippen LogP contribution in [0.15, 0.2) is 39.2 Å². The number of furan rings is 1. The lowest BCUT2D eigenvalue weighted by molar-refractivity contribution is 0.353. The third-order valence-corrected chi connectivity index (χ3v) is 6.06. The minimum Gasteiger partial charge on any atom is -0.447 e. The molecule has 1 unspecified atom stereocenters. The van der Waals surface area contributed by atoms with Crippen molar-refractivity contribution in [3.63, 3.8) is 0 Å². The van der Waals surface area contributed by atoms with Gasteiger partial charge in [-0.25, -0.2) is 8.42 Å². The van der Waals surface area contributed by atoms with Crippen LogP contribution in [0.3, 0.4) is 0 Å². The van der Waals surface area contributed by atoms with Crippen LogP contribution in [0.4, 0.5) is 0 Å². The minimum absolute atomic E-state index is 0.00622. The second-order valence-electron chi connectivity index (χ2n) is 4.90. The van der Waals surface area contributed by atoms with E-state index in [2.05, 4.69) is 5.32 Å². The van der Waals surface area contributed by atoms with Gasteiger partial charge in [0, 0.05) is 18.0 Å². The zero-order chi connectivity index (χ0) is 15.5. The summed E-state index contributed by atoms with van der Waals surface area (Å²) in [4.78, 5) is 1.17. The highest BCUT2D eigenvalue weighted by atomic mass is 32.2. The summed E-state index contributed by atoms with van der Waals surface area (Å²) in [7, 11) is -0.221. The van der Waals surface area contributed by atoms with Gasteiger partial charge in [0.15, 0.2) is 0 Å². The fourth-order valence-electron chi connectivity index (χ4n) is 1.99. The van der Waals surface area contributed by atoms with Crippen LogP contribution in [-0.4, -0.2) is 32.9 Å². The maximum absolute atomic E-state index is 12.5. The second kappa shape index (κ2) is 6.74. The monoisotopic (exact) mass is 328 g/mol. The molecule has 0 bridgehead atoms. The van der Waals surface area contributed by atoms with E-state index >= 15 is 0 Å². The number of likely N-dealkylation sites (N-methyl/N-ethyl adjacent to an activating group) is 1. The molecule has 1 atom stereocenters. The molecule has 116 valence electrons. The van der Waals surface area contributed by atoms with E-state index in [0.717, 1.165) is 0 Å². The van der Waals surface area contributed by atoms with Crippen LogP contribution in [0.2, 0.25) is 0 Å². The van der Waals surface area contributed by atoms with Crippen LogP contribution >= 0.6 is 11.3 Å². The average molecular weight is 328 g/mol. The zero-order valence-electron chi connectivity index (χ0n) is 12.4. The molecule has 0 saturated carbocycles. The lowest BCUT2D eigenvalue weighted by atomic mass is 10.2. The van der Waals surface area contributed by atoms with Crippen LogP contribution in [0.5, 0.6) is 0 Å². The molecule has 21 heavy (non-hydrogen) atoms. The normalized spacial score (nSPS) is 13.7. The Bertz CT molecular complexity index is 662. The maximum Gasteiger partial charge on any atom is 0.276 e. The molecule has 0 spiro atoms. The molecule has 7 heteroatoms. The Hall–Kier alpha value is -1.15. The minimum atomic E-state index is -3.60.